The van der Waals surface area contributed by atoms with E-state index < -0.39 is 0 Å². The number of anilines is 1. The average molecular weight is 276 g/mol. The van der Waals surface area contributed by atoms with Crippen molar-refractivity contribution < 1.29 is 0 Å². The molecule has 1 atom stereocenters. The van der Waals surface area contributed by atoms with E-state index in [1.54, 1.807) is 6.20 Å². The number of aryl methyl sites for hydroxylation is 1. The van der Waals surface area contributed by atoms with Gasteiger partial charge in [-0.3, -0.25) is 0 Å². The Bertz CT molecular complexity index is 430. The third-order valence-electron chi connectivity index (χ3n) is 4.96. The number of nitrogens with zero attached hydrogens (tertiary/aromatic N) is 2. The van der Waals surface area contributed by atoms with Gasteiger partial charge in [-0.05, 0) is 52.5 Å². The van der Waals surface area contributed by atoms with Crippen LogP contribution in [0, 0.1) is 6.92 Å². The van der Waals surface area contributed by atoms with E-state index in [4.69, 9.17) is 5.73 Å². The molecular weight excluding hydrogens is 248 g/mol. The predicted octanol–water partition coefficient (Wildman–Crippen LogP) is 2.50. The number of pyridine rings is 1. The van der Waals surface area contributed by atoms with Gasteiger partial charge in [-0.15, -0.1) is 0 Å². The molecular formula is C16H28N4. The van der Waals surface area contributed by atoms with Crippen molar-refractivity contribution in [3.05, 3.63) is 23.4 Å². The zero-order chi connectivity index (χ0) is 14.8. The molecule has 0 bridgehead atoms. The lowest BCUT2D eigenvalue weighted by Gasteiger charge is -2.49. The van der Waals surface area contributed by atoms with Crippen LogP contribution in [0.15, 0.2) is 12.3 Å². The molecule has 0 spiro atoms. The predicted molar refractivity (Wildman–Crippen MR) is 84.7 cm³/mol. The van der Waals surface area contributed by atoms with Crippen molar-refractivity contribution in [2.75, 3.05) is 26.9 Å². The van der Waals surface area contributed by atoms with Crippen molar-refractivity contribution in [3.63, 3.8) is 0 Å². The molecule has 2 rings (SSSR count). The molecule has 1 aromatic heterocycles. The largest absolute Gasteiger partial charge is 0.383 e. The van der Waals surface area contributed by atoms with E-state index in [-0.39, 0.29) is 11.6 Å². The highest BCUT2D eigenvalue weighted by molar-refractivity contribution is 5.47. The van der Waals surface area contributed by atoms with Gasteiger partial charge in [0, 0.05) is 17.3 Å². The summed E-state index contributed by atoms with van der Waals surface area (Å²) in [6.45, 7) is 2.13. The zero-order valence-electron chi connectivity index (χ0n) is 13.2. The highest BCUT2D eigenvalue weighted by atomic mass is 15.2. The first-order chi connectivity index (χ1) is 9.53. The molecule has 1 fully saturated rings. The lowest BCUT2D eigenvalue weighted by atomic mass is 9.72. The Morgan fingerprint density at radius 1 is 1.30 bits per heavy atom. The number of aromatic nitrogens is 1. The van der Waals surface area contributed by atoms with Crippen LogP contribution >= 0.6 is 0 Å². The first kappa shape index (κ1) is 15.3. The highest BCUT2D eigenvalue weighted by Gasteiger charge is 2.43. The molecule has 0 aromatic carbocycles. The molecule has 1 saturated carbocycles. The van der Waals surface area contributed by atoms with Crippen LogP contribution in [-0.2, 0) is 0 Å². The van der Waals surface area contributed by atoms with Crippen molar-refractivity contribution in [2.45, 2.75) is 50.6 Å². The third kappa shape index (κ3) is 2.54. The number of likely N-dealkylation sites (N-methyl/N-ethyl adjacent to an activating group) is 2. The summed E-state index contributed by atoms with van der Waals surface area (Å²) in [6.07, 6.45) is 8.13. The smallest absolute Gasteiger partial charge is 0.128 e. The number of rotatable bonds is 4. The van der Waals surface area contributed by atoms with Crippen molar-refractivity contribution in [1.29, 1.82) is 0 Å². The lowest BCUT2D eigenvalue weighted by molar-refractivity contribution is 0.0593. The maximum absolute atomic E-state index is 6.19. The number of nitrogens with two attached hydrogens (primary N) is 1. The Labute approximate surface area is 122 Å². The van der Waals surface area contributed by atoms with E-state index in [1.165, 1.54) is 43.2 Å². The molecule has 1 unspecified atom stereocenters. The van der Waals surface area contributed by atoms with Gasteiger partial charge in [0.2, 0.25) is 0 Å². The van der Waals surface area contributed by atoms with Crippen molar-refractivity contribution in [1.82, 2.24) is 15.2 Å². The van der Waals surface area contributed by atoms with Crippen molar-refractivity contribution in [3.8, 4) is 0 Å². The number of nitrogen functional groups attached to an aromatic ring is 1. The molecule has 4 nitrogen and oxygen atoms in total. The van der Waals surface area contributed by atoms with Crippen molar-refractivity contribution >= 4 is 5.82 Å². The summed E-state index contributed by atoms with van der Waals surface area (Å²) in [7, 11) is 6.42. The monoisotopic (exact) mass is 276 g/mol. The molecule has 1 aliphatic carbocycles. The minimum Gasteiger partial charge on any atom is -0.383 e. The van der Waals surface area contributed by atoms with Crippen LogP contribution in [0.2, 0.25) is 0 Å². The summed E-state index contributed by atoms with van der Waals surface area (Å²) in [4.78, 5) is 6.70. The van der Waals surface area contributed by atoms with Gasteiger partial charge in [-0.2, -0.15) is 0 Å². The maximum Gasteiger partial charge on any atom is 0.128 e. The SMILES string of the molecule is CNC(c1c(C)ccnc1N)C1(N(C)C)CCCCC1. The standard InChI is InChI=1S/C16H28N4/c1-12-8-11-19-15(17)13(12)14(18-2)16(20(3)4)9-6-5-7-10-16/h8,11,14,18H,5-7,9-10H2,1-4H3,(H2,17,19). The quantitative estimate of drug-likeness (QED) is 0.887. The Morgan fingerprint density at radius 3 is 2.45 bits per heavy atom. The summed E-state index contributed by atoms with van der Waals surface area (Å²) in [5.74, 6) is 0.663. The molecule has 1 aliphatic rings. The summed E-state index contributed by atoms with van der Waals surface area (Å²) in [5.41, 5.74) is 8.73. The minimum absolute atomic E-state index is 0.134. The van der Waals surface area contributed by atoms with Gasteiger partial charge in [0.25, 0.3) is 0 Å². The fraction of sp³-hybridized carbons (Fsp3) is 0.688. The lowest BCUT2D eigenvalue weighted by Crippen LogP contribution is -2.54. The van der Waals surface area contributed by atoms with Gasteiger partial charge >= 0.3 is 0 Å². The summed E-state index contributed by atoms with van der Waals surface area (Å²) in [5, 5.41) is 3.53. The summed E-state index contributed by atoms with van der Waals surface area (Å²) in [6, 6.07) is 2.29. The van der Waals surface area contributed by atoms with Gasteiger partial charge in [-0.1, -0.05) is 19.3 Å². The average Bonchev–Trinajstić information content (AvgIpc) is 2.43. The molecule has 1 aromatic rings. The molecule has 0 amide bonds. The fourth-order valence-electron chi connectivity index (χ4n) is 3.81. The highest BCUT2D eigenvalue weighted by Crippen LogP contribution is 2.43. The molecule has 112 valence electrons. The normalized spacial score (nSPS) is 20.1. The molecule has 0 radical (unpaired) electrons. The van der Waals surface area contributed by atoms with E-state index in [0.717, 1.165) is 0 Å². The fourth-order valence-corrected chi connectivity index (χ4v) is 3.81. The Kier molecular flexibility index (Phi) is 4.66. The molecule has 4 heteroatoms. The number of hydrogen-bond donors (Lipinski definition) is 2. The van der Waals surface area contributed by atoms with Crippen LogP contribution in [-0.4, -0.2) is 36.6 Å². The topological polar surface area (TPSA) is 54.2 Å². The second-order valence-electron chi connectivity index (χ2n) is 6.21. The van der Waals surface area contributed by atoms with Crippen LogP contribution in [0.1, 0.15) is 49.3 Å². The van der Waals surface area contributed by atoms with E-state index in [0.29, 0.717) is 5.82 Å². The van der Waals surface area contributed by atoms with Gasteiger partial charge in [0.1, 0.15) is 5.82 Å². The number of hydrogen-bond acceptors (Lipinski definition) is 4. The Hall–Kier alpha value is -1.13. The summed E-state index contributed by atoms with van der Waals surface area (Å²) < 4.78 is 0. The maximum atomic E-state index is 6.19. The number of nitrogens with one attached hydrogen (secondary N) is 1. The molecule has 3 N–H and O–H groups in total. The van der Waals surface area contributed by atoms with Crippen LogP contribution in [0.3, 0.4) is 0 Å². The zero-order valence-corrected chi connectivity index (χ0v) is 13.2. The Balaban J connectivity index is 2.48. The first-order valence-corrected chi connectivity index (χ1v) is 7.58. The molecule has 0 saturated heterocycles. The van der Waals surface area contributed by atoms with E-state index in [9.17, 15) is 0 Å². The van der Waals surface area contributed by atoms with Crippen molar-refractivity contribution in [2.24, 2.45) is 0 Å². The van der Waals surface area contributed by atoms with E-state index in [1.807, 2.05) is 7.05 Å². The van der Waals surface area contributed by atoms with Gasteiger partial charge in [0.15, 0.2) is 0 Å². The van der Waals surface area contributed by atoms with Crippen LogP contribution in [0.25, 0.3) is 0 Å². The third-order valence-corrected chi connectivity index (χ3v) is 4.96. The van der Waals surface area contributed by atoms with Gasteiger partial charge in [0.05, 0.1) is 6.04 Å². The van der Waals surface area contributed by atoms with E-state index >= 15 is 0 Å². The summed E-state index contributed by atoms with van der Waals surface area (Å²) >= 11 is 0. The Morgan fingerprint density at radius 2 is 1.95 bits per heavy atom. The molecule has 0 aliphatic heterocycles. The van der Waals surface area contributed by atoms with E-state index in [2.05, 4.69) is 42.3 Å². The minimum atomic E-state index is 0.134. The molecule has 1 heterocycles. The van der Waals surface area contributed by atoms with Gasteiger partial charge in [-0.25, -0.2) is 4.98 Å². The first-order valence-electron chi connectivity index (χ1n) is 7.58. The second kappa shape index (κ2) is 6.10. The van der Waals surface area contributed by atoms with Crippen LogP contribution in [0.5, 0.6) is 0 Å². The van der Waals surface area contributed by atoms with Crippen LogP contribution in [0.4, 0.5) is 5.82 Å². The van der Waals surface area contributed by atoms with Gasteiger partial charge < -0.3 is 16.0 Å². The second-order valence-corrected chi connectivity index (χ2v) is 6.21. The van der Waals surface area contributed by atoms with Crippen LogP contribution < -0.4 is 11.1 Å². The molecule has 20 heavy (non-hydrogen) atoms.